The van der Waals surface area contributed by atoms with E-state index in [-0.39, 0.29) is 10.8 Å². The smallest absolute Gasteiger partial charge is 0.254 e. The molecule has 32 heavy (non-hydrogen) atoms. The van der Waals surface area contributed by atoms with Gasteiger partial charge in [-0.2, -0.15) is 4.31 Å². The number of benzene rings is 1. The molecule has 172 valence electrons. The quantitative estimate of drug-likeness (QED) is 0.676. The highest BCUT2D eigenvalue weighted by Gasteiger charge is 2.32. The van der Waals surface area contributed by atoms with Crippen molar-refractivity contribution < 1.29 is 13.2 Å². The highest BCUT2D eigenvalue weighted by atomic mass is 35.5. The van der Waals surface area contributed by atoms with Crippen LogP contribution in [-0.4, -0.2) is 67.8 Å². The number of piperazine rings is 1. The van der Waals surface area contributed by atoms with Crippen molar-refractivity contribution in [2.75, 3.05) is 44.2 Å². The minimum atomic E-state index is -3.63. The van der Waals surface area contributed by atoms with E-state index in [2.05, 4.69) is 23.7 Å². The van der Waals surface area contributed by atoms with E-state index < -0.39 is 10.0 Å². The molecule has 2 fully saturated rings. The molecule has 1 aromatic carbocycles. The maximum atomic E-state index is 13.2. The molecule has 0 radical (unpaired) electrons. The molecule has 2 atom stereocenters. The van der Waals surface area contributed by atoms with Crippen molar-refractivity contribution in [1.82, 2.24) is 14.2 Å². The molecule has 2 aromatic rings. The summed E-state index contributed by atoms with van der Waals surface area (Å²) in [6.45, 7) is 7.46. The van der Waals surface area contributed by atoms with Gasteiger partial charge >= 0.3 is 0 Å². The standard InChI is InChI=1S/C23H29ClN4O3S/c1-17-13-18(2)16-28(15-17)32(30,31)20-6-3-5-19(14-20)23(29)27-11-9-26(10-12-27)22-21(24)7-4-8-25-22/h3-8,14,17-18H,9-13,15-16H2,1-2H3. The summed E-state index contributed by atoms with van der Waals surface area (Å²) in [6, 6.07) is 10.0. The molecular weight excluding hydrogens is 448 g/mol. The van der Waals surface area contributed by atoms with Crippen molar-refractivity contribution in [2.45, 2.75) is 25.2 Å². The molecule has 3 heterocycles. The van der Waals surface area contributed by atoms with Gasteiger partial charge in [-0.1, -0.05) is 31.5 Å². The van der Waals surface area contributed by atoms with Crippen LogP contribution in [0.25, 0.3) is 0 Å². The first-order valence-corrected chi connectivity index (χ1v) is 12.8. The molecule has 0 spiro atoms. The van der Waals surface area contributed by atoms with Crippen LogP contribution >= 0.6 is 11.6 Å². The highest BCUT2D eigenvalue weighted by molar-refractivity contribution is 7.89. The van der Waals surface area contributed by atoms with Crippen molar-refractivity contribution in [3.63, 3.8) is 0 Å². The van der Waals surface area contributed by atoms with Crippen LogP contribution in [0.15, 0.2) is 47.5 Å². The number of halogens is 1. The lowest BCUT2D eigenvalue weighted by Crippen LogP contribution is -2.49. The van der Waals surface area contributed by atoms with Gasteiger partial charge in [-0.05, 0) is 48.6 Å². The Morgan fingerprint density at radius 3 is 2.38 bits per heavy atom. The lowest BCUT2D eigenvalue weighted by atomic mass is 9.94. The van der Waals surface area contributed by atoms with Crippen LogP contribution in [0, 0.1) is 11.8 Å². The van der Waals surface area contributed by atoms with E-state index in [1.807, 2.05) is 0 Å². The molecule has 2 aliphatic heterocycles. The number of amides is 1. The number of piperidine rings is 1. The van der Waals surface area contributed by atoms with Crippen molar-refractivity contribution in [2.24, 2.45) is 11.8 Å². The minimum Gasteiger partial charge on any atom is -0.352 e. The third kappa shape index (κ3) is 4.77. The van der Waals surface area contributed by atoms with Crippen LogP contribution in [0.3, 0.4) is 0 Å². The predicted molar refractivity (Wildman–Crippen MR) is 126 cm³/mol. The Morgan fingerprint density at radius 2 is 1.72 bits per heavy atom. The molecule has 0 N–H and O–H groups in total. The maximum absolute atomic E-state index is 13.2. The number of sulfonamides is 1. The topological polar surface area (TPSA) is 73.8 Å². The number of rotatable bonds is 4. The van der Waals surface area contributed by atoms with Gasteiger partial charge in [0.05, 0.1) is 9.92 Å². The number of anilines is 1. The molecular formula is C23H29ClN4O3S. The molecule has 1 aromatic heterocycles. The zero-order valence-electron chi connectivity index (χ0n) is 18.4. The van der Waals surface area contributed by atoms with Gasteiger partial charge in [-0.25, -0.2) is 13.4 Å². The molecule has 0 aliphatic carbocycles. The van der Waals surface area contributed by atoms with E-state index in [1.165, 1.54) is 6.07 Å². The Morgan fingerprint density at radius 1 is 1.03 bits per heavy atom. The Hall–Kier alpha value is -2.16. The first-order chi connectivity index (χ1) is 15.3. The summed E-state index contributed by atoms with van der Waals surface area (Å²) >= 11 is 6.25. The van der Waals surface area contributed by atoms with Gasteiger partial charge < -0.3 is 9.80 Å². The summed E-state index contributed by atoms with van der Waals surface area (Å²) in [6.07, 6.45) is 2.73. The molecule has 2 unspecified atom stereocenters. The van der Waals surface area contributed by atoms with Crippen LogP contribution in [0.2, 0.25) is 5.02 Å². The van der Waals surface area contributed by atoms with Gasteiger partial charge in [0.25, 0.3) is 5.91 Å². The van der Waals surface area contributed by atoms with Crippen LogP contribution in [0.4, 0.5) is 5.82 Å². The maximum Gasteiger partial charge on any atom is 0.254 e. The van der Waals surface area contributed by atoms with E-state index in [4.69, 9.17) is 11.6 Å². The van der Waals surface area contributed by atoms with E-state index in [0.717, 1.165) is 12.2 Å². The number of nitrogens with zero attached hydrogens (tertiary/aromatic N) is 4. The molecule has 1 amide bonds. The third-order valence-corrected chi connectivity index (χ3v) is 8.28. The second-order valence-electron chi connectivity index (χ2n) is 8.88. The van der Waals surface area contributed by atoms with Crippen LogP contribution in [-0.2, 0) is 10.0 Å². The fourth-order valence-corrected chi connectivity index (χ4v) is 6.62. The summed E-state index contributed by atoms with van der Waals surface area (Å²) in [7, 11) is -3.63. The summed E-state index contributed by atoms with van der Waals surface area (Å²) in [4.78, 5) is 21.5. The van der Waals surface area contributed by atoms with Gasteiger partial charge in [0, 0.05) is 51.0 Å². The summed E-state index contributed by atoms with van der Waals surface area (Å²) in [5, 5.41) is 0.589. The molecule has 9 heteroatoms. The van der Waals surface area contributed by atoms with Crippen molar-refractivity contribution >= 4 is 33.3 Å². The largest absolute Gasteiger partial charge is 0.352 e. The van der Waals surface area contributed by atoms with Crippen molar-refractivity contribution in [3.05, 3.63) is 53.2 Å². The minimum absolute atomic E-state index is 0.158. The zero-order valence-corrected chi connectivity index (χ0v) is 20.0. The van der Waals surface area contributed by atoms with Crippen LogP contribution in [0.1, 0.15) is 30.6 Å². The Balaban J connectivity index is 1.47. The Kier molecular flexibility index (Phi) is 6.74. The van der Waals surface area contributed by atoms with Crippen molar-refractivity contribution in [3.8, 4) is 0 Å². The van der Waals surface area contributed by atoms with E-state index >= 15 is 0 Å². The van der Waals surface area contributed by atoms with E-state index in [1.54, 1.807) is 45.7 Å². The second-order valence-corrected chi connectivity index (χ2v) is 11.2. The summed E-state index contributed by atoms with van der Waals surface area (Å²) < 4.78 is 28.0. The first kappa shape index (κ1) is 23.0. The second kappa shape index (κ2) is 9.37. The van der Waals surface area contributed by atoms with Crippen LogP contribution < -0.4 is 4.90 Å². The molecule has 2 aliphatic rings. The monoisotopic (exact) mass is 476 g/mol. The Bertz CT molecular complexity index is 1080. The first-order valence-electron chi connectivity index (χ1n) is 11.0. The van der Waals surface area contributed by atoms with Gasteiger partial charge in [0.15, 0.2) is 0 Å². The van der Waals surface area contributed by atoms with E-state index in [9.17, 15) is 13.2 Å². The fraction of sp³-hybridized carbons (Fsp3) is 0.478. The SMILES string of the molecule is CC1CC(C)CN(S(=O)(=O)c2cccc(C(=O)N3CCN(c4ncccc4Cl)CC3)c2)C1. The zero-order chi connectivity index (χ0) is 22.9. The molecule has 7 nitrogen and oxygen atoms in total. The van der Waals surface area contributed by atoms with E-state index in [0.29, 0.717) is 61.7 Å². The summed E-state index contributed by atoms with van der Waals surface area (Å²) in [5.41, 5.74) is 0.397. The molecule has 4 rings (SSSR count). The van der Waals surface area contributed by atoms with Gasteiger partial charge in [-0.3, -0.25) is 4.79 Å². The molecule has 0 saturated carbocycles. The number of pyridine rings is 1. The third-order valence-electron chi connectivity index (χ3n) is 6.16. The highest BCUT2D eigenvalue weighted by Crippen LogP contribution is 2.28. The molecule has 0 bridgehead atoms. The Labute approximate surface area is 195 Å². The number of aromatic nitrogens is 1. The number of hydrogen-bond donors (Lipinski definition) is 0. The number of hydrogen-bond acceptors (Lipinski definition) is 5. The van der Waals surface area contributed by atoms with Gasteiger partial charge in [0.1, 0.15) is 5.82 Å². The normalized spacial score (nSPS) is 22.7. The average molecular weight is 477 g/mol. The summed E-state index contributed by atoms with van der Waals surface area (Å²) in [5.74, 6) is 1.21. The number of carbonyl (C=O) groups is 1. The lowest BCUT2D eigenvalue weighted by Gasteiger charge is -2.36. The van der Waals surface area contributed by atoms with Gasteiger partial charge in [-0.15, -0.1) is 0 Å². The van der Waals surface area contributed by atoms with Crippen molar-refractivity contribution in [1.29, 1.82) is 0 Å². The number of carbonyl (C=O) groups excluding carboxylic acids is 1. The van der Waals surface area contributed by atoms with Crippen LogP contribution in [0.5, 0.6) is 0 Å². The average Bonchev–Trinajstić information content (AvgIpc) is 2.78. The fourth-order valence-electron chi connectivity index (χ4n) is 4.65. The van der Waals surface area contributed by atoms with Gasteiger partial charge in [0.2, 0.25) is 10.0 Å². The predicted octanol–water partition coefficient (Wildman–Crippen LogP) is 3.36. The molecule has 2 saturated heterocycles. The lowest BCUT2D eigenvalue weighted by molar-refractivity contribution is 0.0746.